The Morgan fingerprint density at radius 2 is 2.12 bits per heavy atom. The molecular weight excluding hydrogens is 448 g/mol. The van der Waals surface area contributed by atoms with Crippen molar-refractivity contribution in [3.05, 3.63) is 47.7 Å². The first-order valence-electron chi connectivity index (χ1n) is 10.6. The van der Waals surface area contributed by atoms with Crippen molar-refractivity contribution in [1.82, 2.24) is 10.3 Å². The lowest BCUT2D eigenvalue weighted by molar-refractivity contribution is 0.0940. The molecule has 2 aromatic rings. The van der Waals surface area contributed by atoms with E-state index in [2.05, 4.69) is 24.3 Å². The molecule has 1 fully saturated rings. The van der Waals surface area contributed by atoms with E-state index in [-0.39, 0.29) is 30.8 Å². The Balaban J connectivity index is 1.43. The van der Waals surface area contributed by atoms with Gasteiger partial charge in [0.25, 0.3) is 5.91 Å². The summed E-state index contributed by atoms with van der Waals surface area (Å²) >= 11 is 0. The minimum Gasteiger partial charge on any atom is -0.492 e. The van der Waals surface area contributed by atoms with Crippen LogP contribution in [0.3, 0.4) is 0 Å². The van der Waals surface area contributed by atoms with Crippen LogP contribution in [0.1, 0.15) is 28.9 Å². The number of hydrogen-bond donors (Lipinski definition) is 4. The van der Waals surface area contributed by atoms with Gasteiger partial charge in [0.05, 0.1) is 24.5 Å². The number of aliphatic hydroxyl groups is 1. The summed E-state index contributed by atoms with van der Waals surface area (Å²) in [7, 11) is -3.85. The van der Waals surface area contributed by atoms with Gasteiger partial charge in [-0.1, -0.05) is 12.1 Å². The van der Waals surface area contributed by atoms with Gasteiger partial charge in [0.2, 0.25) is 0 Å². The maximum absolute atomic E-state index is 12.2. The zero-order valence-electron chi connectivity index (χ0n) is 17.9. The molecule has 1 aromatic carbocycles. The Labute approximate surface area is 191 Å². The SMILES string of the molecule is NC1=NS(=O)(=O)Nc2cccc(OC[C@H]3CCCN(c4cccc(C(=O)NCCO)n4)C3)c21. The molecule has 0 aliphatic carbocycles. The van der Waals surface area contributed by atoms with E-state index in [4.69, 9.17) is 15.6 Å². The standard InChI is InChI=1S/C21H26N6O5S/c22-20-19-15(25-33(30,31)26-20)5-1-7-17(19)32-13-14-4-3-10-27(12-14)18-8-2-6-16(24-18)21(29)23-9-11-28/h1-2,5-8,14,25,28H,3-4,9-13H2,(H2,22,26)(H,23,29)/t14-/m0/s1. The zero-order valence-corrected chi connectivity index (χ0v) is 18.7. The van der Waals surface area contributed by atoms with E-state index in [0.29, 0.717) is 41.7 Å². The molecule has 12 heteroatoms. The molecule has 2 aliphatic rings. The minimum absolute atomic E-state index is 0.106. The third-order valence-electron chi connectivity index (χ3n) is 5.42. The summed E-state index contributed by atoms with van der Waals surface area (Å²) in [6, 6.07) is 10.3. The summed E-state index contributed by atoms with van der Waals surface area (Å²) in [5, 5.41) is 11.5. The van der Waals surface area contributed by atoms with E-state index in [0.717, 1.165) is 19.4 Å². The molecule has 4 rings (SSSR count). The van der Waals surface area contributed by atoms with Crippen molar-refractivity contribution < 1.29 is 23.1 Å². The molecule has 5 N–H and O–H groups in total. The summed E-state index contributed by atoms with van der Waals surface area (Å²) in [5.74, 6) is 0.937. The highest BCUT2D eigenvalue weighted by atomic mass is 32.2. The number of carbonyl (C=O) groups excluding carboxylic acids is 1. The first-order valence-corrected chi connectivity index (χ1v) is 12.1. The number of pyridine rings is 1. The second-order valence-electron chi connectivity index (χ2n) is 7.86. The maximum atomic E-state index is 12.2. The molecule has 0 saturated carbocycles. The van der Waals surface area contributed by atoms with E-state index in [1.54, 1.807) is 30.3 Å². The van der Waals surface area contributed by atoms with Crippen LogP contribution in [-0.2, 0) is 10.2 Å². The monoisotopic (exact) mass is 474 g/mol. The number of aromatic nitrogens is 1. The van der Waals surface area contributed by atoms with Gasteiger partial charge in [-0.2, -0.15) is 8.42 Å². The molecule has 176 valence electrons. The highest BCUT2D eigenvalue weighted by molar-refractivity contribution is 7.91. The molecule has 1 aromatic heterocycles. The molecule has 1 saturated heterocycles. The van der Waals surface area contributed by atoms with Crippen LogP contribution >= 0.6 is 0 Å². The minimum atomic E-state index is -3.85. The maximum Gasteiger partial charge on any atom is 0.344 e. The molecule has 3 heterocycles. The Hall–Kier alpha value is -3.38. The van der Waals surface area contributed by atoms with E-state index < -0.39 is 10.2 Å². The predicted octanol–water partition coefficient (Wildman–Crippen LogP) is 0.475. The van der Waals surface area contributed by atoms with E-state index in [1.807, 2.05) is 6.07 Å². The smallest absolute Gasteiger partial charge is 0.344 e. The lowest BCUT2D eigenvalue weighted by Crippen LogP contribution is -2.38. The molecule has 0 bridgehead atoms. The van der Waals surface area contributed by atoms with Crippen molar-refractivity contribution in [3.8, 4) is 5.75 Å². The lowest BCUT2D eigenvalue weighted by Gasteiger charge is -2.33. The van der Waals surface area contributed by atoms with Gasteiger partial charge in [0.15, 0.2) is 5.84 Å². The van der Waals surface area contributed by atoms with Crippen LogP contribution < -0.4 is 25.4 Å². The molecule has 0 spiro atoms. The molecule has 2 aliphatic heterocycles. The Morgan fingerprint density at radius 3 is 2.94 bits per heavy atom. The number of amides is 1. The van der Waals surface area contributed by atoms with Gasteiger partial charge in [-0.3, -0.25) is 9.52 Å². The predicted molar refractivity (Wildman–Crippen MR) is 124 cm³/mol. The molecule has 33 heavy (non-hydrogen) atoms. The first-order chi connectivity index (χ1) is 15.9. The Morgan fingerprint density at radius 1 is 1.30 bits per heavy atom. The number of rotatable bonds is 7. The van der Waals surface area contributed by atoms with Crippen molar-refractivity contribution in [2.24, 2.45) is 16.0 Å². The van der Waals surface area contributed by atoms with Gasteiger partial charge in [-0.25, -0.2) is 4.98 Å². The van der Waals surface area contributed by atoms with Gasteiger partial charge < -0.3 is 25.8 Å². The number of piperidine rings is 1. The summed E-state index contributed by atoms with van der Waals surface area (Å²) in [4.78, 5) is 18.8. The van der Waals surface area contributed by atoms with Crippen LogP contribution in [0.4, 0.5) is 11.5 Å². The van der Waals surface area contributed by atoms with Gasteiger partial charge in [0.1, 0.15) is 17.3 Å². The molecule has 0 radical (unpaired) electrons. The molecule has 1 amide bonds. The van der Waals surface area contributed by atoms with E-state index in [1.165, 1.54) is 0 Å². The molecule has 11 nitrogen and oxygen atoms in total. The highest BCUT2D eigenvalue weighted by Gasteiger charge is 2.26. The third kappa shape index (κ3) is 5.34. The van der Waals surface area contributed by atoms with Crippen molar-refractivity contribution >= 4 is 33.5 Å². The number of nitrogens with two attached hydrogens (primary N) is 1. The van der Waals surface area contributed by atoms with Crippen LogP contribution in [-0.4, -0.2) is 63.1 Å². The molecule has 1 atom stereocenters. The number of nitrogens with zero attached hydrogens (tertiary/aromatic N) is 3. The summed E-state index contributed by atoms with van der Waals surface area (Å²) in [6.45, 7) is 1.96. The number of benzene rings is 1. The number of ether oxygens (including phenoxy) is 1. The summed E-state index contributed by atoms with van der Waals surface area (Å²) in [5.41, 5.74) is 6.96. The number of anilines is 2. The number of amidine groups is 1. The Bertz CT molecular complexity index is 1170. The van der Waals surface area contributed by atoms with Gasteiger partial charge >= 0.3 is 10.2 Å². The number of carbonyl (C=O) groups is 1. The second kappa shape index (κ2) is 9.63. The number of nitrogens with one attached hydrogen (secondary N) is 2. The Kier molecular flexibility index (Phi) is 6.65. The number of fused-ring (bicyclic) bond motifs is 1. The van der Waals surface area contributed by atoms with Crippen LogP contribution in [0.2, 0.25) is 0 Å². The largest absolute Gasteiger partial charge is 0.492 e. The lowest BCUT2D eigenvalue weighted by atomic mass is 9.99. The zero-order chi connectivity index (χ0) is 23.4. The average molecular weight is 475 g/mol. The average Bonchev–Trinajstić information content (AvgIpc) is 2.80. The number of aliphatic hydroxyl groups excluding tert-OH is 1. The first kappa shape index (κ1) is 22.8. The normalized spacial score (nSPS) is 19.1. The van der Waals surface area contributed by atoms with E-state index in [9.17, 15) is 13.2 Å². The van der Waals surface area contributed by atoms with Crippen molar-refractivity contribution in [1.29, 1.82) is 0 Å². The van der Waals surface area contributed by atoms with Crippen molar-refractivity contribution in [3.63, 3.8) is 0 Å². The van der Waals surface area contributed by atoms with Crippen LogP contribution in [0.25, 0.3) is 0 Å². The van der Waals surface area contributed by atoms with Gasteiger partial charge in [0, 0.05) is 25.6 Å². The van der Waals surface area contributed by atoms with Crippen molar-refractivity contribution in [2.45, 2.75) is 12.8 Å². The summed E-state index contributed by atoms with van der Waals surface area (Å²) < 4.78 is 35.4. The second-order valence-corrected chi connectivity index (χ2v) is 9.20. The number of hydrogen-bond acceptors (Lipinski definition) is 8. The topological polar surface area (TPSA) is 159 Å². The van der Waals surface area contributed by atoms with Crippen LogP contribution in [0.5, 0.6) is 5.75 Å². The fourth-order valence-electron chi connectivity index (χ4n) is 3.94. The fourth-order valence-corrected chi connectivity index (χ4v) is 4.78. The molecule has 0 unspecified atom stereocenters. The van der Waals surface area contributed by atoms with E-state index >= 15 is 0 Å². The van der Waals surface area contributed by atoms with Gasteiger partial charge in [-0.05, 0) is 37.1 Å². The van der Waals surface area contributed by atoms with Crippen LogP contribution in [0, 0.1) is 5.92 Å². The van der Waals surface area contributed by atoms with Gasteiger partial charge in [-0.15, -0.1) is 4.40 Å². The van der Waals surface area contributed by atoms with Crippen molar-refractivity contribution in [2.75, 3.05) is 42.5 Å². The fraction of sp³-hybridized carbons (Fsp3) is 0.381. The highest BCUT2D eigenvalue weighted by Crippen LogP contribution is 2.31. The summed E-state index contributed by atoms with van der Waals surface area (Å²) in [6.07, 6.45) is 1.89. The quantitative estimate of drug-likeness (QED) is 0.451. The molecular formula is C21H26N6O5S. The van der Waals surface area contributed by atoms with Crippen LogP contribution in [0.15, 0.2) is 40.8 Å². The third-order valence-corrected chi connectivity index (χ3v) is 6.34.